The Morgan fingerprint density at radius 2 is 1.62 bits per heavy atom. The van der Waals surface area contributed by atoms with Crippen molar-refractivity contribution in [2.75, 3.05) is 6.61 Å². The van der Waals surface area contributed by atoms with Gasteiger partial charge in [-0.1, -0.05) is 39.0 Å². The van der Waals surface area contributed by atoms with Crippen LogP contribution in [-0.2, 0) is 31.2 Å². The molecule has 0 atom stereocenters. The predicted octanol–water partition coefficient (Wildman–Crippen LogP) is 2.91. The second-order valence-electron chi connectivity index (χ2n) is 3.11. The zero-order valence-corrected chi connectivity index (χ0v) is 10.3. The van der Waals surface area contributed by atoms with Gasteiger partial charge in [-0.05, 0) is 6.42 Å². The maximum atomic E-state index is 10.4. The summed E-state index contributed by atoms with van der Waals surface area (Å²) in [4.78, 5) is 10.4. The summed E-state index contributed by atoms with van der Waals surface area (Å²) in [5, 5.41) is 0. The molecule has 0 radical (unpaired) electrons. The Hall–Kier alpha value is 0.184. The van der Waals surface area contributed by atoms with Crippen LogP contribution in [0, 0.1) is 0 Å². The van der Waals surface area contributed by atoms with Crippen molar-refractivity contribution in [2.24, 2.45) is 0 Å². The van der Waals surface area contributed by atoms with Crippen LogP contribution in [-0.4, -0.2) is 12.6 Å². The first-order valence-electron chi connectivity index (χ1n) is 4.90. The maximum absolute atomic E-state index is 10.4. The van der Waals surface area contributed by atoms with Crippen molar-refractivity contribution in [3.8, 4) is 0 Å². The fourth-order valence-corrected chi connectivity index (χ4v) is 1.10. The SMILES string of the molecule is CCCCCCCCOC(C)=O.[Ti]. The van der Waals surface area contributed by atoms with Crippen molar-refractivity contribution in [1.82, 2.24) is 0 Å². The van der Waals surface area contributed by atoms with Gasteiger partial charge in [-0.15, -0.1) is 0 Å². The number of ether oxygens (including phenoxy) is 1. The minimum atomic E-state index is -0.163. The van der Waals surface area contributed by atoms with Crippen LogP contribution < -0.4 is 0 Å². The first kappa shape index (κ1) is 15.6. The normalized spacial score (nSPS) is 9.08. The summed E-state index contributed by atoms with van der Waals surface area (Å²) in [5.74, 6) is -0.163. The molecule has 13 heavy (non-hydrogen) atoms. The summed E-state index contributed by atoms with van der Waals surface area (Å²) in [6, 6.07) is 0. The van der Waals surface area contributed by atoms with Gasteiger partial charge in [0.2, 0.25) is 0 Å². The molecule has 0 saturated heterocycles. The first-order chi connectivity index (χ1) is 5.77. The monoisotopic (exact) mass is 220 g/mol. The van der Waals surface area contributed by atoms with E-state index in [4.69, 9.17) is 4.74 Å². The van der Waals surface area contributed by atoms with E-state index in [2.05, 4.69) is 6.92 Å². The zero-order chi connectivity index (χ0) is 9.23. The van der Waals surface area contributed by atoms with E-state index in [1.165, 1.54) is 39.0 Å². The Kier molecular flexibility index (Phi) is 14.7. The van der Waals surface area contributed by atoms with Crippen LogP contribution >= 0.6 is 0 Å². The number of hydrogen-bond acceptors (Lipinski definition) is 2. The van der Waals surface area contributed by atoms with Crippen LogP contribution in [0.4, 0.5) is 0 Å². The molecular formula is C10H20O2Ti. The van der Waals surface area contributed by atoms with E-state index in [0.717, 1.165) is 6.42 Å². The molecule has 2 nitrogen and oxygen atoms in total. The Balaban J connectivity index is 0. The predicted molar refractivity (Wildman–Crippen MR) is 50.0 cm³/mol. The van der Waals surface area contributed by atoms with Crippen molar-refractivity contribution >= 4 is 5.97 Å². The van der Waals surface area contributed by atoms with Crippen LogP contribution in [0.25, 0.3) is 0 Å². The number of esters is 1. The number of carbonyl (C=O) groups excluding carboxylic acids is 1. The van der Waals surface area contributed by atoms with Gasteiger partial charge < -0.3 is 4.74 Å². The fourth-order valence-electron chi connectivity index (χ4n) is 1.10. The summed E-state index contributed by atoms with van der Waals surface area (Å²) in [6.45, 7) is 4.26. The van der Waals surface area contributed by atoms with Gasteiger partial charge in [0.1, 0.15) is 0 Å². The molecule has 0 heterocycles. The van der Waals surface area contributed by atoms with Crippen molar-refractivity contribution < 1.29 is 31.2 Å². The van der Waals surface area contributed by atoms with Gasteiger partial charge in [-0.3, -0.25) is 4.79 Å². The molecule has 76 valence electrons. The molecule has 0 unspecified atom stereocenters. The number of unbranched alkanes of at least 4 members (excludes halogenated alkanes) is 5. The van der Waals surface area contributed by atoms with Gasteiger partial charge in [0.05, 0.1) is 6.61 Å². The van der Waals surface area contributed by atoms with E-state index in [9.17, 15) is 4.79 Å². The Morgan fingerprint density at radius 1 is 1.08 bits per heavy atom. The molecule has 0 aliphatic heterocycles. The second kappa shape index (κ2) is 12.2. The van der Waals surface area contributed by atoms with Crippen molar-refractivity contribution in [2.45, 2.75) is 52.4 Å². The van der Waals surface area contributed by atoms with Gasteiger partial charge in [0.15, 0.2) is 0 Å². The molecule has 0 aromatic heterocycles. The third-order valence-corrected chi connectivity index (χ3v) is 1.80. The first-order valence-corrected chi connectivity index (χ1v) is 4.90. The quantitative estimate of drug-likeness (QED) is 0.374. The smallest absolute Gasteiger partial charge is 0.302 e. The Bertz CT molecular complexity index is 115. The summed E-state index contributed by atoms with van der Waals surface area (Å²) >= 11 is 0. The molecule has 0 amide bonds. The van der Waals surface area contributed by atoms with Crippen LogP contribution in [0.2, 0.25) is 0 Å². The summed E-state index contributed by atoms with van der Waals surface area (Å²) in [7, 11) is 0. The van der Waals surface area contributed by atoms with Crippen LogP contribution in [0.3, 0.4) is 0 Å². The van der Waals surface area contributed by atoms with E-state index in [0.29, 0.717) is 6.61 Å². The van der Waals surface area contributed by atoms with Crippen molar-refractivity contribution in [3.05, 3.63) is 0 Å². The molecule has 0 aromatic rings. The fraction of sp³-hybridized carbons (Fsp3) is 0.900. The van der Waals surface area contributed by atoms with E-state index in [1.54, 1.807) is 0 Å². The molecule has 0 fully saturated rings. The largest absolute Gasteiger partial charge is 0.466 e. The maximum Gasteiger partial charge on any atom is 0.302 e. The molecule has 0 N–H and O–H groups in total. The van der Waals surface area contributed by atoms with E-state index < -0.39 is 0 Å². The van der Waals surface area contributed by atoms with Crippen LogP contribution in [0.15, 0.2) is 0 Å². The third kappa shape index (κ3) is 15.0. The number of hydrogen-bond donors (Lipinski definition) is 0. The topological polar surface area (TPSA) is 26.3 Å². The molecular weight excluding hydrogens is 200 g/mol. The molecule has 0 saturated carbocycles. The Labute approximate surface area is 96.3 Å². The van der Waals surface area contributed by atoms with Gasteiger partial charge >= 0.3 is 5.97 Å². The summed E-state index contributed by atoms with van der Waals surface area (Å²) in [5.41, 5.74) is 0. The van der Waals surface area contributed by atoms with E-state index >= 15 is 0 Å². The van der Waals surface area contributed by atoms with Gasteiger partial charge in [0.25, 0.3) is 0 Å². The molecule has 0 rings (SSSR count). The average molecular weight is 220 g/mol. The van der Waals surface area contributed by atoms with Gasteiger partial charge in [0, 0.05) is 28.6 Å². The Morgan fingerprint density at radius 3 is 2.15 bits per heavy atom. The molecule has 0 aliphatic rings. The molecule has 0 bridgehead atoms. The minimum absolute atomic E-state index is 0. The van der Waals surface area contributed by atoms with Gasteiger partial charge in [-0.25, -0.2) is 0 Å². The standard InChI is InChI=1S/C10H20O2.Ti/c1-3-4-5-6-7-8-9-12-10(2)11;/h3-9H2,1-2H3;. The summed E-state index contributed by atoms with van der Waals surface area (Å²) < 4.78 is 4.81. The van der Waals surface area contributed by atoms with Gasteiger partial charge in [-0.2, -0.15) is 0 Å². The number of rotatable bonds is 7. The molecule has 3 heteroatoms. The van der Waals surface area contributed by atoms with E-state index in [-0.39, 0.29) is 27.7 Å². The van der Waals surface area contributed by atoms with Crippen molar-refractivity contribution in [3.63, 3.8) is 0 Å². The zero-order valence-electron chi connectivity index (χ0n) is 8.77. The van der Waals surface area contributed by atoms with E-state index in [1.807, 2.05) is 0 Å². The van der Waals surface area contributed by atoms with Crippen LogP contribution in [0.5, 0.6) is 0 Å². The molecule has 0 spiro atoms. The second-order valence-corrected chi connectivity index (χ2v) is 3.11. The molecule has 0 aliphatic carbocycles. The molecule has 0 aromatic carbocycles. The van der Waals surface area contributed by atoms with Crippen LogP contribution in [0.1, 0.15) is 52.4 Å². The third-order valence-electron chi connectivity index (χ3n) is 1.80. The van der Waals surface area contributed by atoms with Crippen molar-refractivity contribution in [1.29, 1.82) is 0 Å². The minimum Gasteiger partial charge on any atom is -0.466 e. The summed E-state index contributed by atoms with van der Waals surface area (Å²) in [6.07, 6.45) is 7.40. The number of carbonyl (C=O) groups is 1. The average Bonchev–Trinajstić information content (AvgIpc) is 2.02.